The monoisotopic (exact) mass is 517 g/mol. The summed E-state index contributed by atoms with van der Waals surface area (Å²) in [5, 5.41) is 0. The number of carbonyl (C=O) groups excluding carboxylic acids is 2. The molecule has 0 aromatic rings. The number of unbranched alkanes of at least 4 members (excludes halogenated alkanes) is 16. The van der Waals surface area contributed by atoms with Gasteiger partial charge in [-0.05, 0) is 25.8 Å². The maximum Gasteiger partial charge on any atom is 0.327 e. The van der Waals surface area contributed by atoms with Crippen molar-refractivity contribution in [2.24, 2.45) is 5.73 Å². The minimum absolute atomic E-state index is 0.0613. The molecule has 206 valence electrons. The molecule has 0 unspecified atom stereocenters. The summed E-state index contributed by atoms with van der Waals surface area (Å²) in [7, 11) is -0.488. The van der Waals surface area contributed by atoms with E-state index < -0.39 is 14.8 Å². The van der Waals surface area contributed by atoms with Gasteiger partial charge in [0.25, 0.3) is 0 Å². The fourth-order valence-corrected chi connectivity index (χ4v) is 4.19. The van der Waals surface area contributed by atoms with E-state index in [1.807, 2.05) is 0 Å². The van der Waals surface area contributed by atoms with Gasteiger partial charge < -0.3 is 15.2 Å². The molecule has 0 heterocycles. The van der Waals surface area contributed by atoms with Gasteiger partial charge in [0.05, 0.1) is 0 Å². The predicted octanol–water partition coefficient (Wildman–Crippen LogP) is 7.45. The molecule has 2 N–H and O–H groups in total. The molecule has 1 atom stereocenters. The highest BCUT2D eigenvalue weighted by Gasteiger charge is 2.17. The van der Waals surface area contributed by atoms with Crippen molar-refractivity contribution >= 4 is 20.6 Å². The first-order chi connectivity index (χ1) is 17.1. The molecule has 0 aliphatic heterocycles. The van der Waals surface area contributed by atoms with Crippen molar-refractivity contribution in [3.8, 4) is 0 Å². The van der Waals surface area contributed by atoms with Gasteiger partial charge >= 0.3 is 20.6 Å². The molecule has 0 spiro atoms. The summed E-state index contributed by atoms with van der Waals surface area (Å²) in [5.41, 5.74) is 5.51. The lowest BCUT2D eigenvalue weighted by atomic mass is 10.0. The van der Waals surface area contributed by atoms with Gasteiger partial charge in [-0.2, -0.15) is 0 Å². The highest BCUT2D eigenvalue weighted by atomic mass is 31.1. The van der Waals surface area contributed by atoms with Crippen molar-refractivity contribution in [3.63, 3.8) is 0 Å². The Morgan fingerprint density at radius 3 is 1.60 bits per heavy atom. The SMILES string of the molecule is CCCCCCCC(=O)O[C@H](COP=O)COC(=O)CCCCCCCCCCCCCCCN. The Morgan fingerprint density at radius 1 is 0.657 bits per heavy atom. The van der Waals surface area contributed by atoms with E-state index in [4.69, 9.17) is 19.7 Å². The first-order valence-corrected chi connectivity index (χ1v) is 14.9. The fourth-order valence-electron chi connectivity index (χ4n) is 3.96. The number of rotatable bonds is 27. The minimum Gasteiger partial charge on any atom is -0.462 e. The second-order valence-electron chi connectivity index (χ2n) is 9.46. The topological polar surface area (TPSA) is 105 Å². The van der Waals surface area contributed by atoms with Crippen LogP contribution in [0.5, 0.6) is 0 Å². The van der Waals surface area contributed by atoms with Crippen LogP contribution in [0.1, 0.15) is 135 Å². The normalized spacial score (nSPS) is 12.1. The maximum atomic E-state index is 12.0. The van der Waals surface area contributed by atoms with Crippen LogP contribution in [-0.4, -0.2) is 37.8 Å². The van der Waals surface area contributed by atoms with E-state index in [-0.39, 0.29) is 25.2 Å². The van der Waals surface area contributed by atoms with Crippen LogP contribution in [0.15, 0.2) is 0 Å². The molecule has 0 rings (SSSR count). The molecule has 35 heavy (non-hydrogen) atoms. The molecular formula is C27H52NO6P. The molecule has 0 fully saturated rings. The lowest BCUT2D eigenvalue weighted by Gasteiger charge is -2.16. The predicted molar refractivity (Wildman–Crippen MR) is 141 cm³/mol. The van der Waals surface area contributed by atoms with Gasteiger partial charge in [0.1, 0.15) is 13.2 Å². The smallest absolute Gasteiger partial charge is 0.327 e. The van der Waals surface area contributed by atoms with Gasteiger partial charge in [0, 0.05) is 12.8 Å². The Balaban J connectivity index is 3.72. The van der Waals surface area contributed by atoms with Crippen molar-refractivity contribution in [2.75, 3.05) is 19.8 Å². The molecule has 0 aromatic carbocycles. The van der Waals surface area contributed by atoms with Crippen molar-refractivity contribution < 1.29 is 28.2 Å². The number of ether oxygens (including phenoxy) is 2. The largest absolute Gasteiger partial charge is 0.462 e. The molecular weight excluding hydrogens is 465 g/mol. The zero-order valence-corrected chi connectivity index (χ0v) is 23.2. The number of carbonyl (C=O) groups is 2. The third-order valence-electron chi connectivity index (χ3n) is 6.11. The van der Waals surface area contributed by atoms with Crippen LogP contribution in [0.3, 0.4) is 0 Å². The first kappa shape index (κ1) is 34.0. The van der Waals surface area contributed by atoms with E-state index in [9.17, 15) is 14.2 Å². The van der Waals surface area contributed by atoms with Gasteiger partial charge in [0.2, 0.25) is 0 Å². The van der Waals surface area contributed by atoms with Crippen LogP contribution in [0.2, 0.25) is 0 Å². The van der Waals surface area contributed by atoms with E-state index in [2.05, 4.69) is 6.92 Å². The minimum atomic E-state index is -0.727. The summed E-state index contributed by atoms with van der Waals surface area (Å²) in [6.07, 6.45) is 21.0. The van der Waals surface area contributed by atoms with Crippen LogP contribution in [0, 0.1) is 0 Å². The third kappa shape index (κ3) is 25.8. The summed E-state index contributed by atoms with van der Waals surface area (Å²) < 4.78 is 26.0. The van der Waals surface area contributed by atoms with Crippen LogP contribution in [0.4, 0.5) is 0 Å². The van der Waals surface area contributed by atoms with Crippen LogP contribution in [-0.2, 0) is 28.2 Å². The van der Waals surface area contributed by atoms with Gasteiger partial charge in [-0.1, -0.05) is 103 Å². The van der Waals surface area contributed by atoms with E-state index in [0.29, 0.717) is 12.8 Å². The second kappa shape index (κ2) is 27.5. The van der Waals surface area contributed by atoms with E-state index >= 15 is 0 Å². The Kier molecular flexibility index (Phi) is 26.7. The molecule has 0 aliphatic rings. The summed E-state index contributed by atoms with van der Waals surface area (Å²) in [4.78, 5) is 24.0. The zero-order valence-electron chi connectivity index (χ0n) is 22.3. The van der Waals surface area contributed by atoms with Crippen molar-refractivity contribution in [1.82, 2.24) is 0 Å². The molecule has 0 bridgehead atoms. The second-order valence-corrected chi connectivity index (χ2v) is 9.87. The fraction of sp³-hybridized carbons (Fsp3) is 0.926. The molecule has 8 heteroatoms. The zero-order chi connectivity index (χ0) is 25.8. The molecule has 0 aliphatic carbocycles. The summed E-state index contributed by atoms with van der Waals surface area (Å²) >= 11 is 0. The van der Waals surface area contributed by atoms with Crippen LogP contribution >= 0.6 is 8.69 Å². The Bertz CT molecular complexity index is 506. The summed E-state index contributed by atoms with van der Waals surface area (Å²) in [6.45, 7) is 2.83. The number of hydrogen-bond donors (Lipinski definition) is 1. The van der Waals surface area contributed by atoms with Crippen LogP contribution < -0.4 is 5.73 Å². The molecule has 0 aromatic heterocycles. The lowest BCUT2D eigenvalue weighted by molar-refractivity contribution is -0.160. The standard InChI is InChI=1S/C27H52NO6P/c1-2-3-4-14-18-21-27(30)34-25(24-33-35-31)23-32-26(29)20-17-15-12-10-8-6-5-7-9-11-13-16-19-22-28/h25H,2-24,28H2,1H3/t25-/m0/s1. The Morgan fingerprint density at radius 2 is 1.11 bits per heavy atom. The van der Waals surface area contributed by atoms with Gasteiger partial charge in [-0.15, -0.1) is 0 Å². The van der Waals surface area contributed by atoms with Crippen LogP contribution in [0.25, 0.3) is 0 Å². The molecule has 0 saturated carbocycles. The van der Waals surface area contributed by atoms with Crippen molar-refractivity contribution in [2.45, 2.75) is 141 Å². The molecule has 0 radical (unpaired) electrons. The van der Waals surface area contributed by atoms with E-state index in [1.165, 1.54) is 64.2 Å². The third-order valence-corrected chi connectivity index (χ3v) is 6.37. The lowest BCUT2D eigenvalue weighted by Crippen LogP contribution is -2.28. The van der Waals surface area contributed by atoms with Gasteiger partial charge in [-0.3, -0.25) is 14.1 Å². The average molecular weight is 518 g/mol. The number of hydrogen-bond acceptors (Lipinski definition) is 7. The Hall–Kier alpha value is -1.04. The van der Waals surface area contributed by atoms with E-state index in [1.54, 1.807) is 0 Å². The molecule has 0 saturated heterocycles. The molecule has 7 nitrogen and oxygen atoms in total. The van der Waals surface area contributed by atoms with Gasteiger partial charge in [0.15, 0.2) is 6.10 Å². The Labute approximate surface area is 215 Å². The average Bonchev–Trinajstić information content (AvgIpc) is 2.85. The quantitative estimate of drug-likeness (QED) is 0.0685. The number of esters is 2. The summed E-state index contributed by atoms with van der Waals surface area (Å²) in [5.74, 6) is -0.632. The highest BCUT2D eigenvalue weighted by molar-refractivity contribution is 7.17. The summed E-state index contributed by atoms with van der Waals surface area (Å²) in [6, 6.07) is 0. The van der Waals surface area contributed by atoms with E-state index in [0.717, 1.165) is 57.9 Å². The van der Waals surface area contributed by atoms with Crippen molar-refractivity contribution in [3.05, 3.63) is 0 Å². The highest BCUT2D eigenvalue weighted by Crippen LogP contribution is 2.13. The van der Waals surface area contributed by atoms with Gasteiger partial charge in [-0.25, -0.2) is 4.57 Å². The molecule has 0 amide bonds. The number of nitrogens with two attached hydrogens (primary N) is 1. The maximum absolute atomic E-state index is 12.0. The first-order valence-electron chi connectivity index (χ1n) is 14.1. The van der Waals surface area contributed by atoms with Crippen molar-refractivity contribution in [1.29, 1.82) is 0 Å².